The highest BCUT2D eigenvalue weighted by molar-refractivity contribution is 5.91. The SMILES string of the molecule is CCC(C)(C)C(=O)n1cnc2c1c(=O)n(CCCCC(C)=O)c(=O)n2C. The van der Waals surface area contributed by atoms with Crippen LogP contribution in [0.5, 0.6) is 0 Å². The van der Waals surface area contributed by atoms with Crippen LogP contribution < -0.4 is 11.2 Å². The molecule has 0 aliphatic rings. The largest absolute Gasteiger partial charge is 0.332 e. The molecule has 2 heterocycles. The minimum Gasteiger partial charge on any atom is -0.300 e. The Kier molecular flexibility index (Phi) is 5.63. The number of carbonyl (C=O) groups is 2. The molecule has 0 fully saturated rings. The summed E-state index contributed by atoms with van der Waals surface area (Å²) in [4.78, 5) is 53.4. The van der Waals surface area contributed by atoms with Gasteiger partial charge < -0.3 is 4.79 Å². The molecule has 0 N–H and O–H groups in total. The molecule has 0 unspecified atom stereocenters. The minimum atomic E-state index is -0.652. The summed E-state index contributed by atoms with van der Waals surface area (Å²) in [6.45, 7) is 7.23. The molecule has 2 aromatic rings. The summed E-state index contributed by atoms with van der Waals surface area (Å²) in [6.07, 6.45) is 3.47. The first-order valence-corrected chi connectivity index (χ1v) is 8.83. The molecule has 0 bridgehead atoms. The lowest BCUT2D eigenvalue weighted by molar-refractivity contribution is -0.117. The first kappa shape index (κ1) is 19.8. The van der Waals surface area contributed by atoms with Crippen LogP contribution in [0.25, 0.3) is 11.2 Å². The van der Waals surface area contributed by atoms with Crippen molar-refractivity contribution in [2.75, 3.05) is 0 Å². The standard InChI is InChI=1S/C18H26N4O4/c1-6-18(3,4)16(25)22-11-19-14-13(22)15(24)21(17(26)20(14)5)10-8-7-9-12(2)23/h11H,6-10H2,1-5H3. The van der Waals surface area contributed by atoms with Crippen LogP contribution in [0, 0.1) is 5.41 Å². The number of aryl methyl sites for hydroxylation is 1. The second-order valence-corrected chi connectivity index (χ2v) is 7.29. The van der Waals surface area contributed by atoms with E-state index in [2.05, 4.69) is 4.98 Å². The van der Waals surface area contributed by atoms with Gasteiger partial charge in [0.25, 0.3) is 5.56 Å². The van der Waals surface area contributed by atoms with E-state index in [1.165, 1.54) is 29.4 Å². The molecule has 2 rings (SSSR count). The summed E-state index contributed by atoms with van der Waals surface area (Å²) in [5.41, 5.74) is -1.34. The number of ketones is 1. The second-order valence-electron chi connectivity index (χ2n) is 7.29. The van der Waals surface area contributed by atoms with Crippen molar-refractivity contribution >= 4 is 22.9 Å². The molecular formula is C18H26N4O4. The van der Waals surface area contributed by atoms with E-state index >= 15 is 0 Å². The van der Waals surface area contributed by atoms with Crippen LogP contribution in [-0.2, 0) is 18.4 Å². The molecule has 0 saturated carbocycles. The number of carbonyl (C=O) groups excluding carboxylic acids is 2. The Balaban J connectivity index is 2.54. The molecule has 0 amide bonds. The molecule has 8 nitrogen and oxygen atoms in total. The third-order valence-electron chi connectivity index (χ3n) is 4.87. The number of rotatable bonds is 7. The summed E-state index contributed by atoms with van der Waals surface area (Å²) < 4.78 is 3.66. The number of fused-ring (bicyclic) bond motifs is 1. The van der Waals surface area contributed by atoms with Gasteiger partial charge >= 0.3 is 5.69 Å². The van der Waals surface area contributed by atoms with Crippen molar-refractivity contribution in [3.63, 3.8) is 0 Å². The molecule has 26 heavy (non-hydrogen) atoms. The molecule has 0 radical (unpaired) electrons. The van der Waals surface area contributed by atoms with E-state index < -0.39 is 16.7 Å². The van der Waals surface area contributed by atoms with Crippen molar-refractivity contribution in [2.45, 2.75) is 59.9 Å². The molecule has 0 atom stereocenters. The van der Waals surface area contributed by atoms with Crippen molar-refractivity contribution in [3.8, 4) is 0 Å². The second kappa shape index (κ2) is 7.39. The summed E-state index contributed by atoms with van der Waals surface area (Å²) in [6, 6.07) is 0. The molecule has 2 aromatic heterocycles. The van der Waals surface area contributed by atoms with E-state index in [9.17, 15) is 19.2 Å². The first-order valence-electron chi connectivity index (χ1n) is 8.83. The third-order valence-corrected chi connectivity index (χ3v) is 4.87. The number of imidazole rings is 1. The van der Waals surface area contributed by atoms with Crippen LogP contribution in [-0.4, -0.2) is 30.4 Å². The van der Waals surface area contributed by atoms with E-state index in [4.69, 9.17) is 0 Å². The van der Waals surface area contributed by atoms with Crippen molar-refractivity contribution in [1.82, 2.24) is 18.7 Å². The van der Waals surface area contributed by atoms with Gasteiger partial charge in [-0.1, -0.05) is 20.8 Å². The number of unbranched alkanes of at least 4 members (excludes halogenated alkanes) is 1. The fourth-order valence-electron chi connectivity index (χ4n) is 2.74. The minimum absolute atomic E-state index is 0.0752. The van der Waals surface area contributed by atoms with E-state index in [-0.39, 0.29) is 29.4 Å². The maximum absolute atomic E-state index is 12.9. The Morgan fingerprint density at radius 1 is 1.19 bits per heavy atom. The van der Waals surface area contributed by atoms with Crippen molar-refractivity contribution < 1.29 is 9.59 Å². The zero-order valence-electron chi connectivity index (χ0n) is 16.0. The quantitative estimate of drug-likeness (QED) is 0.699. The van der Waals surface area contributed by atoms with E-state index in [0.29, 0.717) is 25.7 Å². The van der Waals surface area contributed by atoms with Crippen LogP contribution in [0.2, 0.25) is 0 Å². The lowest BCUT2D eigenvalue weighted by atomic mass is 9.89. The van der Waals surface area contributed by atoms with Gasteiger partial charge in [0, 0.05) is 25.4 Å². The third kappa shape index (κ3) is 3.54. The van der Waals surface area contributed by atoms with Gasteiger partial charge in [0.15, 0.2) is 11.2 Å². The van der Waals surface area contributed by atoms with Gasteiger partial charge in [-0.25, -0.2) is 9.78 Å². The predicted octanol–water partition coefficient (Wildman–Crippen LogP) is 1.73. The van der Waals surface area contributed by atoms with Gasteiger partial charge in [-0.15, -0.1) is 0 Å². The Bertz CT molecular complexity index is 962. The molecule has 0 aliphatic heterocycles. The topological polar surface area (TPSA) is 96.0 Å². The van der Waals surface area contributed by atoms with Crippen LogP contribution in [0.3, 0.4) is 0 Å². The van der Waals surface area contributed by atoms with Crippen molar-refractivity contribution in [1.29, 1.82) is 0 Å². The monoisotopic (exact) mass is 362 g/mol. The number of Topliss-reactive ketones (excluding diaryl/α,β-unsaturated/α-hetero) is 1. The highest BCUT2D eigenvalue weighted by Gasteiger charge is 2.30. The van der Waals surface area contributed by atoms with Gasteiger partial charge in [0.2, 0.25) is 5.91 Å². The van der Waals surface area contributed by atoms with Crippen LogP contribution in [0.1, 0.15) is 58.2 Å². The zero-order chi connectivity index (χ0) is 19.6. The summed E-state index contributed by atoms with van der Waals surface area (Å²) in [5, 5.41) is 0. The molecule has 0 aliphatic carbocycles. The fourth-order valence-corrected chi connectivity index (χ4v) is 2.74. The normalized spacial score (nSPS) is 11.9. The first-order chi connectivity index (χ1) is 12.1. The lowest BCUT2D eigenvalue weighted by Gasteiger charge is -2.21. The number of hydrogen-bond acceptors (Lipinski definition) is 5. The maximum atomic E-state index is 12.9. The summed E-state index contributed by atoms with van der Waals surface area (Å²) >= 11 is 0. The Labute approximate surface area is 151 Å². The predicted molar refractivity (Wildman–Crippen MR) is 98.5 cm³/mol. The zero-order valence-corrected chi connectivity index (χ0v) is 16.0. The van der Waals surface area contributed by atoms with Gasteiger partial charge in [0.1, 0.15) is 12.1 Å². The average Bonchev–Trinajstić information content (AvgIpc) is 3.03. The summed E-state index contributed by atoms with van der Waals surface area (Å²) in [7, 11) is 1.53. The Morgan fingerprint density at radius 2 is 1.85 bits per heavy atom. The number of hydrogen-bond donors (Lipinski definition) is 0. The highest BCUT2D eigenvalue weighted by atomic mass is 16.2. The summed E-state index contributed by atoms with van der Waals surface area (Å²) in [5.74, 6) is -0.160. The Morgan fingerprint density at radius 3 is 2.42 bits per heavy atom. The fraction of sp³-hybridized carbons (Fsp3) is 0.611. The molecule has 0 aromatic carbocycles. The molecular weight excluding hydrogens is 336 g/mol. The lowest BCUT2D eigenvalue weighted by Crippen LogP contribution is -2.40. The van der Waals surface area contributed by atoms with Gasteiger partial charge in [-0.3, -0.25) is 23.3 Å². The molecule has 0 spiro atoms. The van der Waals surface area contributed by atoms with Crippen LogP contribution in [0.4, 0.5) is 0 Å². The van der Waals surface area contributed by atoms with Crippen molar-refractivity contribution in [3.05, 3.63) is 27.2 Å². The van der Waals surface area contributed by atoms with E-state index in [1.807, 2.05) is 20.8 Å². The smallest absolute Gasteiger partial charge is 0.300 e. The molecule has 142 valence electrons. The average molecular weight is 362 g/mol. The van der Waals surface area contributed by atoms with E-state index in [0.717, 1.165) is 4.57 Å². The van der Waals surface area contributed by atoms with Gasteiger partial charge in [-0.2, -0.15) is 0 Å². The molecule has 8 heteroatoms. The highest BCUT2D eigenvalue weighted by Crippen LogP contribution is 2.23. The number of nitrogens with zero attached hydrogens (tertiary/aromatic N) is 4. The Hall–Kier alpha value is -2.51. The van der Waals surface area contributed by atoms with E-state index in [1.54, 1.807) is 0 Å². The van der Waals surface area contributed by atoms with Crippen molar-refractivity contribution in [2.24, 2.45) is 12.5 Å². The maximum Gasteiger partial charge on any atom is 0.332 e. The molecule has 0 saturated heterocycles. The van der Waals surface area contributed by atoms with Gasteiger partial charge in [0.05, 0.1) is 0 Å². The van der Waals surface area contributed by atoms with Gasteiger partial charge in [-0.05, 0) is 26.2 Å². The van der Waals surface area contributed by atoms with Crippen LogP contribution in [0.15, 0.2) is 15.9 Å². The van der Waals surface area contributed by atoms with Crippen LogP contribution >= 0.6 is 0 Å². The number of aromatic nitrogens is 4.